The summed E-state index contributed by atoms with van der Waals surface area (Å²) < 4.78 is 3.56. The number of pyridine rings is 2. The number of aromatic amines is 1. The summed E-state index contributed by atoms with van der Waals surface area (Å²) in [4.78, 5) is 9.23. The van der Waals surface area contributed by atoms with E-state index in [1.165, 1.54) is 31.6 Å². The van der Waals surface area contributed by atoms with Crippen molar-refractivity contribution < 1.29 is 4.57 Å². The van der Waals surface area contributed by atoms with Crippen molar-refractivity contribution in [3.63, 3.8) is 0 Å². The van der Waals surface area contributed by atoms with Crippen LogP contribution in [0.5, 0.6) is 0 Å². The number of rotatable bonds is 3. The van der Waals surface area contributed by atoms with Gasteiger partial charge in [0.25, 0.3) is 0 Å². The second-order valence-corrected chi connectivity index (χ2v) is 9.02. The van der Waals surface area contributed by atoms with Gasteiger partial charge in [-0.15, -0.1) is 11.3 Å². The molecule has 4 heterocycles. The molecule has 4 aromatic heterocycles. The molecule has 1 unspecified atom stereocenters. The summed E-state index contributed by atoms with van der Waals surface area (Å²) in [7, 11) is 0. The first-order chi connectivity index (χ1) is 11.9. The summed E-state index contributed by atoms with van der Waals surface area (Å²) >= 11 is 1.85. The lowest BCUT2D eigenvalue weighted by Crippen LogP contribution is -2.35. The molecule has 0 aromatic carbocycles. The Hall–Kier alpha value is -2.20. The predicted molar refractivity (Wildman–Crippen MR) is 105 cm³/mol. The third-order valence-electron chi connectivity index (χ3n) is 4.74. The van der Waals surface area contributed by atoms with Crippen LogP contribution < -0.4 is 4.57 Å². The minimum absolute atomic E-state index is 0.141. The first-order valence-electron chi connectivity index (χ1n) is 8.76. The van der Waals surface area contributed by atoms with Crippen LogP contribution in [-0.4, -0.2) is 9.97 Å². The van der Waals surface area contributed by atoms with E-state index in [1.54, 1.807) is 0 Å². The van der Waals surface area contributed by atoms with Crippen molar-refractivity contribution in [2.45, 2.75) is 45.6 Å². The van der Waals surface area contributed by atoms with Crippen molar-refractivity contribution in [1.82, 2.24) is 9.97 Å². The van der Waals surface area contributed by atoms with E-state index in [1.807, 2.05) is 23.7 Å². The van der Waals surface area contributed by atoms with E-state index in [9.17, 15) is 0 Å². The lowest BCUT2D eigenvalue weighted by molar-refractivity contribution is -0.698. The van der Waals surface area contributed by atoms with Crippen molar-refractivity contribution >= 4 is 32.3 Å². The maximum absolute atomic E-state index is 4.23. The van der Waals surface area contributed by atoms with Crippen molar-refractivity contribution in [2.75, 3.05) is 0 Å². The highest BCUT2D eigenvalue weighted by Crippen LogP contribution is 2.30. The molecular weight excluding hydrogens is 326 g/mol. The summed E-state index contributed by atoms with van der Waals surface area (Å²) in [5, 5.41) is 2.57. The molecule has 0 amide bonds. The number of nitrogens with zero attached hydrogens (tertiary/aromatic N) is 2. The van der Waals surface area contributed by atoms with Crippen LogP contribution in [0.3, 0.4) is 0 Å². The minimum Gasteiger partial charge on any atom is -0.353 e. The zero-order valence-corrected chi connectivity index (χ0v) is 16.0. The Morgan fingerprint density at radius 2 is 2.04 bits per heavy atom. The Morgan fingerprint density at radius 3 is 2.80 bits per heavy atom. The molecule has 0 aliphatic rings. The minimum atomic E-state index is 0.141. The second-order valence-electron chi connectivity index (χ2n) is 7.91. The molecule has 0 saturated carbocycles. The van der Waals surface area contributed by atoms with Crippen LogP contribution in [0.4, 0.5) is 0 Å². The van der Waals surface area contributed by atoms with E-state index in [0.29, 0.717) is 5.92 Å². The van der Waals surface area contributed by atoms with Crippen LogP contribution in [-0.2, 0) is 12.0 Å². The fourth-order valence-corrected chi connectivity index (χ4v) is 4.26. The molecule has 0 bridgehead atoms. The van der Waals surface area contributed by atoms with Crippen molar-refractivity contribution in [2.24, 2.45) is 0 Å². The number of hydrogen-bond acceptors (Lipinski definition) is 2. The Bertz CT molecular complexity index is 1000. The maximum atomic E-state index is 4.23. The molecule has 0 fully saturated rings. The van der Waals surface area contributed by atoms with Gasteiger partial charge >= 0.3 is 0 Å². The fourth-order valence-electron chi connectivity index (χ4n) is 3.19. The van der Waals surface area contributed by atoms with Crippen molar-refractivity contribution in [3.05, 3.63) is 59.6 Å². The molecule has 4 heteroatoms. The normalized spacial score (nSPS) is 13.6. The average molecular weight is 351 g/mol. The quantitative estimate of drug-likeness (QED) is 0.508. The van der Waals surface area contributed by atoms with Crippen molar-refractivity contribution in [3.8, 4) is 0 Å². The van der Waals surface area contributed by atoms with E-state index >= 15 is 0 Å². The van der Waals surface area contributed by atoms with Gasteiger partial charge in [0.1, 0.15) is 5.52 Å². The zero-order chi connectivity index (χ0) is 17.6. The molecule has 128 valence electrons. The van der Waals surface area contributed by atoms with E-state index in [-0.39, 0.29) is 5.41 Å². The summed E-state index contributed by atoms with van der Waals surface area (Å²) in [6.07, 6.45) is 8.25. The molecule has 0 aliphatic heterocycles. The van der Waals surface area contributed by atoms with Gasteiger partial charge < -0.3 is 4.98 Å². The van der Waals surface area contributed by atoms with Gasteiger partial charge in [-0.1, -0.05) is 27.7 Å². The Labute approximate surface area is 152 Å². The summed E-state index contributed by atoms with van der Waals surface area (Å²) in [6, 6.07) is 8.87. The number of hydrogen-bond donors (Lipinski definition) is 1. The zero-order valence-electron chi connectivity index (χ0n) is 15.2. The maximum Gasteiger partial charge on any atom is 0.193 e. The van der Waals surface area contributed by atoms with Crippen LogP contribution in [0, 0.1) is 0 Å². The third kappa shape index (κ3) is 3.19. The Balaban J connectivity index is 1.61. The predicted octanol–water partition coefficient (Wildman–Crippen LogP) is 5.17. The van der Waals surface area contributed by atoms with E-state index in [0.717, 1.165) is 6.54 Å². The van der Waals surface area contributed by atoms with Crippen LogP contribution in [0.25, 0.3) is 21.0 Å². The van der Waals surface area contributed by atoms with E-state index in [2.05, 4.69) is 78.9 Å². The van der Waals surface area contributed by atoms with Gasteiger partial charge in [0.2, 0.25) is 0 Å². The smallest absolute Gasteiger partial charge is 0.193 e. The lowest BCUT2D eigenvalue weighted by atomic mass is 9.92. The first-order valence-corrected chi connectivity index (χ1v) is 9.57. The third-order valence-corrected chi connectivity index (χ3v) is 6.06. The molecule has 4 rings (SSSR count). The largest absolute Gasteiger partial charge is 0.353 e. The lowest BCUT2D eigenvalue weighted by Gasteiger charge is -2.15. The number of fused-ring (bicyclic) bond motifs is 2. The summed E-state index contributed by atoms with van der Waals surface area (Å²) in [6.45, 7) is 9.99. The molecule has 0 aliphatic carbocycles. The molecule has 0 radical (unpaired) electrons. The standard InChI is InChI=1S/C21H23N3S/c1-14(18-9-16-5-7-22-11-19(16)25-18)12-24-8-6-15-10-20(21(2,3)4)23-17(15)13-24/h5-11,13-14H,12H2,1-4H3/p+1. The monoisotopic (exact) mass is 350 g/mol. The molecule has 0 saturated heterocycles. The molecule has 1 N–H and O–H groups in total. The van der Waals surface area contributed by atoms with Gasteiger partial charge in [-0.2, -0.15) is 0 Å². The fraction of sp³-hybridized carbons (Fsp3) is 0.333. The number of thiophene rings is 1. The van der Waals surface area contributed by atoms with Gasteiger partial charge in [0.05, 0.1) is 4.70 Å². The number of nitrogens with one attached hydrogen (secondary N) is 1. The summed E-state index contributed by atoms with van der Waals surface area (Å²) in [5.74, 6) is 0.469. The highest BCUT2D eigenvalue weighted by atomic mass is 32.1. The first kappa shape index (κ1) is 16.3. The number of H-pyrrole nitrogens is 1. The van der Waals surface area contributed by atoms with Gasteiger partial charge in [-0.05, 0) is 23.6 Å². The molecular formula is C21H24N3S+. The van der Waals surface area contributed by atoms with Gasteiger partial charge in [-0.25, -0.2) is 4.57 Å². The molecule has 3 nitrogen and oxygen atoms in total. The second kappa shape index (κ2) is 5.95. The highest BCUT2D eigenvalue weighted by molar-refractivity contribution is 7.19. The molecule has 1 atom stereocenters. The highest BCUT2D eigenvalue weighted by Gasteiger charge is 2.19. The summed E-state index contributed by atoms with van der Waals surface area (Å²) in [5.41, 5.74) is 2.63. The van der Waals surface area contributed by atoms with Gasteiger partial charge in [0, 0.05) is 45.8 Å². The van der Waals surface area contributed by atoms with Crippen LogP contribution in [0.2, 0.25) is 0 Å². The van der Waals surface area contributed by atoms with E-state index < -0.39 is 0 Å². The average Bonchev–Trinajstić information content (AvgIpc) is 3.18. The van der Waals surface area contributed by atoms with Crippen LogP contribution in [0.1, 0.15) is 44.2 Å². The molecule has 4 aromatic rings. The Kier molecular flexibility index (Phi) is 3.88. The number of aromatic nitrogens is 3. The SMILES string of the molecule is CC(C[n+]1ccc2cc(C(C)(C)C)[nH]c2c1)c1cc2ccncc2s1. The van der Waals surface area contributed by atoms with Gasteiger partial charge in [0.15, 0.2) is 18.9 Å². The van der Waals surface area contributed by atoms with Crippen molar-refractivity contribution in [1.29, 1.82) is 0 Å². The Morgan fingerprint density at radius 1 is 1.20 bits per heavy atom. The van der Waals surface area contributed by atoms with Gasteiger partial charge in [-0.3, -0.25) is 4.98 Å². The topological polar surface area (TPSA) is 32.6 Å². The van der Waals surface area contributed by atoms with Crippen LogP contribution >= 0.6 is 11.3 Å². The van der Waals surface area contributed by atoms with Crippen LogP contribution in [0.15, 0.2) is 49.1 Å². The molecule has 25 heavy (non-hydrogen) atoms. The molecule has 0 spiro atoms. The van der Waals surface area contributed by atoms with E-state index in [4.69, 9.17) is 0 Å².